The monoisotopic (exact) mass is 317 g/mol. The normalized spacial score (nSPS) is 12.3. The van der Waals surface area contributed by atoms with Crippen LogP contribution in [-0.2, 0) is 16.6 Å². The van der Waals surface area contributed by atoms with Crippen molar-refractivity contribution in [3.05, 3.63) is 17.1 Å². The number of hydrogen-bond donors (Lipinski definition) is 2. The van der Waals surface area contributed by atoms with E-state index < -0.39 is 10.0 Å². The summed E-state index contributed by atoms with van der Waals surface area (Å²) in [6, 6.07) is 0. The van der Waals surface area contributed by atoms with Gasteiger partial charge in [0.05, 0.1) is 0 Å². The van der Waals surface area contributed by atoms with Gasteiger partial charge in [0, 0.05) is 18.7 Å². The molecular weight excluding hydrogens is 290 g/mol. The molecular formula is C14H27N3O3S. The van der Waals surface area contributed by atoms with Crippen LogP contribution < -0.4 is 10.0 Å². The van der Waals surface area contributed by atoms with E-state index in [0.29, 0.717) is 24.6 Å². The van der Waals surface area contributed by atoms with E-state index in [9.17, 15) is 8.42 Å². The fraction of sp³-hybridized carbons (Fsp3) is 0.714. The zero-order chi connectivity index (χ0) is 16.0. The van der Waals surface area contributed by atoms with Crippen LogP contribution in [0.5, 0.6) is 0 Å². The van der Waals surface area contributed by atoms with Crippen molar-refractivity contribution in [2.75, 3.05) is 33.7 Å². The number of hydrogen-bond acceptors (Lipinski definition) is 5. The zero-order valence-electron chi connectivity index (χ0n) is 13.6. The maximum absolute atomic E-state index is 12.5. The van der Waals surface area contributed by atoms with Gasteiger partial charge in [0.1, 0.15) is 16.4 Å². The van der Waals surface area contributed by atoms with E-state index in [1.165, 1.54) is 0 Å². The Bertz CT molecular complexity index is 550. The summed E-state index contributed by atoms with van der Waals surface area (Å²) < 4.78 is 33.1. The van der Waals surface area contributed by atoms with Crippen molar-refractivity contribution in [1.82, 2.24) is 14.9 Å². The topological polar surface area (TPSA) is 74.6 Å². The van der Waals surface area contributed by atoms with Crippen LogP contribution in [0.15, 0.2) is 9.31 Å². The van der Waals surface area contributed by atoms with Crippen molar-refractivity contribution in [2.45, 2.75) is 38.6 Å². The molecule has 0 aliphatic carbocycles. The van der Waals surface area contributed by atoms with Crippen LogP contribution in [0.25, 0.3) is 0 Å². The second-order valence-corrected chi connectivity index (χ2v) is 7.06. The first-order valence-electron chi connectivity index (χ1n) is 7.23. The zero-order valence-corrected chi connectivity index (χ0v) is 14.4. The highest BCUT2D eigenvalue weighted by Crippen LogP contribution is 2.26. The third-order valence-electron chi connectivity index (χ3n) is 3.22. The summed E-state index contributed by atoms with van der Waals surface area (Å²) >= 11 is 0. The number of aryl methyl sites for hydroxylation is 2. The van der Waals surface area contributed by atoms with Crippen LogP contribution >= 0.6 is 0 Å². The molecule has 0 unspecified atom stereocenters. The van der Waals surface area contributed by atoms with E-state index in [0.717, 1.165) is 25.1 Å². The molecule has 1 heterocycles. The van der Waals surface area contributed by atoms with Gasteiger partial charge in [-0.2, -0.15) is 0 Å². The van der Waals surface area contributed by atoms with Crippen LogP contribution in [0.4, 0.5) is 0 Å². The minimum Gasteiger partial charge on any atom is -0.465 e. The van der Waals surface area contributed by atoms with Crippen molar-refractivity contribution in [2.24, 2.45) is 0 Å². The van der Waals surface area contributed by atoms with Crippen LogP contribution in [0.1, 0.15) is 30.4 Å². The quantitative estimate of drug-likeness (QED) is 0.670. The predicted molar refractivity (Wildman–Crippen MR) is 83.9 cm³/mol. The molecule has 0 atom stereocenters. The van der Waals surface area contributed by atoms with Crippen LogP contribution in [-0.4, -0.2) is 47.0 Å². The van der Waals surface area contributed by atoms with Gasteiger partial charge in [-0.15, -0.1) is 0 Å². The molecule has 0 bridgehead atoms. The van der Waals surface area contributed by atoms with Crippen LogP contribution in [0.2, 0.25) is 0 Å². The van der Waals surface area contributed by atoms with Crippen LogP contribution in [0.3, 0.4) is 0 Å². The number of nitrogens with one attached hydrogen (secondary N) is 2. The molecule has 0 aliphatic heterocycles. The molecule has 1 aromatic rings. The van der Waals surface area contributed by atoms with E-state index in [1.54, 1.807) is 13.8 Å². The van der Waals surface area contributed by atoms with Gasteiger partial charge in [-0.3, -0.25) is 0 Å². The van der Waals surface area contributed by atoms with Crippen molar-refractivity contribution >= 4 is 10.0 Å². The molecule has 0 amide bonds. The van der Waals surface area contributed by atoms with E-state index in [1.807, 2.05) is 25.9 Å². The molecule has 1 rings (SSSR count). The molecule has 0 saturated heterocycles. The summed E-state index contributed by atoms with van der Waals surface area (Å²) in [5.41, 5.74) is 0.717. The highest BCUT2D eigenvalue weighted by atomic mass is 32.2. The molecule has 2 N–H and O–H groups in total. The van der Waals surface area contributed by atoms with Gasteiger partial charge in [-0.1, -0.05) is 6.92 Å². The first kappa shape index (κ1) is 18.2. The summed E-state index contributed by atoms with van der Waals surface area (Å²) in [6.07, 6.45) is 0.769. The molecule has 0 aromatic carbocycles. The Labute approximate surface area is 127 Å². The summed E-state index contributed by atoms with van der Waals surface area (Å²) in [5.74, 6) is 1.10. The van der Waals surface area contributed by atoms with Crippen LogP contribution in [0, 0.1) is 13.8 Å². The van der Waals surface area contributed by atoms with Gasteiger partial charge >= 0.3 is 0 Å². The van der Waals surface area contributed by atoms with E-state index in [2.05, 4.69) is 10.0 Å². The molecule has 21 heavy (non-hydrogen) atoms. The smallest absolute Gasteiger partial charge is 0.244 e. The highest BCUT2D eigenvalue weighted by Gasteiger charge is 2.26. The predicted octanol–water partition coefficient (Wildman–Crippen LogP) is 1.24. The van der Waals surface area contributed by atoms with Crippen molar-refractivity contribution in [3.8, 4) is 0 Å². The Hall–Kier alpha value is -0.890. The van der Waals surface area contributed by atoms with Crippen molar-refractivity contribution in [3.63, 3.8) is 0 Å². The highest BCUT2D eigenvalue weighted by molar-refractivity contribution is 7.89. The van der Waals surface area contributed by atoms with E-state index in [-0.39, 0.29) is 4.90 Å². The standard InChI is InChI=1S/C14H27N3O3S/c1-6-15-10-13-11(2)20-12(3)14(13)21(18,19)16-8-7-9-17(4)5/h15-16H,6-10H2,1-5H3. The lowest BCUT2D eigenvalue weighted by molar-refractivity contribution is 0.400. The lowest BCUT2D eigenvalue weighted by atomic mass is 10.2. The summed E-state index contributed by atoms with van der Waals surface area (Å²) in [5, 5.41) is 3.15. The summed E-state index contributed by atoms with van der Waals surface area (Å²) in [7, 11) is 0.398. The SMILES string of the molecule is CCNCc1c(C)oc(C)c1S(=O)(=O)NCCCN(C)C. The maximum atomic E-state index is 12.5. The average Bonchev–Trinajstić information content (AvgIpc) is 2.67. The Balaban J connectivity index is 2.86. The lowest BCUT2D eigenvalue weighted by Crippen LogP contribution is -2.28. The fourth-order valence-electron chi connectivity index (χ4n) is 2.19. The van der Waals surface area contributed by atoms with Gasteiger partial charge in [0.15, 0.2) is 0 Å². The Morgan fingerprint density at radius 3 is 2.43 bits per heavy atom. The third-order valence-corrected chi connectivity index (χ3v) is 4.88. The van der Waals surface area contributed by atoms with Crippen molar-refractivity contribution in [1.29, 1.82) is 0 Å². The molecule has 122 valence electrons. The summed E-state index contributed by atoms with van der Waals surface area (Å²) in [4.78, 5) is 2.31. The largest absolute Gasteiger partial charge is 0.465 e. The Kier molecular flexibility index (Phi) is 6.86. The number of furan rings is 1. The Morgan fingerprint density at radius 2 is 1.86 bits per heavy atom. The molecule has 7 heteroatoms. The lowest BCUT2D eigenvalue weighted by Gasteiger charge is -2.11. The maximum Gasteiger partial charge on any atom is 0.244 e. The minimum absolute atomic E-state index is 0.283. The third kappa shape index (κ3) is 5.10. The van der Waals surface area contributed by atoms with Crippen molar-refractivity contribution < 1.29 is 12.8 Å². The van der Waals surface area contributed by atoms with E-state index >= 15 is 0 Å². The Morgan fingerprint density at radius 1 is 1.19 bits per heavy atom. The molecule has 0 spiro atoms. The second kappa shape index (κ2) is 7.93. The molecule has 0 aliphatic rings. The molecule has 0 fully saturated rings. The average molecular weight is 317 g/mol. The molecule has 1 aromatic heterocycles. The number of rotatable bonds is 9. The van der Waals surface area contributed by atoms with Gasteiger partial charge in [0.2, 0.25) is 10.0 Å². The first-order chi connectivity index (χ1) is 9.79. The molecule has 0 radical (unpaired) electrons. The van der Waals surface area contributed by atoms with E-state index in [4.69, 9.17) is 4.42 Å². The summed E-state index contributed by atoms with van der Waals surface area (Å²) in [6.45, 7) is 8.01. The second-order valence-electron chi connectivity index (χ2n) is 5.36. The molecule has 6 nitrogen and oxygen atoms in total. The number of sulfonamides is 1. The molecule has 0 saturated carbocycles. The fourth-order valence-corrected chi connectivity index (χ4v) is 3.71. The number of nitrogens with zero attached hydrogens (tertiary/aromatic N) is 1. The first-order valence-corrected chi connectivity index (χ1v) is 8.71. The van der Waals surface area contributed by atoms with Gasteiger partial charge in [0.25, 0.3) is 0 Å². The van der Waals surface area contributed by atoms with Gasteiger partial charge in [-0.25, -0.2) is 13.1 Å². The van der Waals surface area contributed by atoms with Gasteiger partial charge < -0.3 is 14.6 Å². The minimum atomic E-state index is -3.53. The van der Waals surface area contributed by atoms with Gasteiger partial charge in [-0.05, 0) is 47.5 Å².